The zero-order valence-electron chi connectivity index (χ0n) is 10.0. The average molecular weight is 259 g/mol. The molecule has 2 aromatic rings. The lowest BCUT2D eigenvalue weighted by atomic mass is 10.2. The number of nitrogens with two attached hydrogens (primary N) is 1. The van der Waals surface area contributed by atoms with Gasteiger partial charge in [-0.3, -0.25) is 4.79 Å². The van der Waals surface area contributed by atoms with Crippen LogP contribution in [0.1, 0.15) is 17.3 Å². The molecule has 0 spiro atoms. The van der Waals surface area contributed by atoms with Crippen molar-refractivity contribution in [2.24, 2.45) is 0 Å². The summed E-state index contributed by atoms with van der Waals surface area (Å²) in [5.41, 5.74) is 7.06. The molecule has 1 heterocycles. The van der Waals surface area contributed by atoms with E-state index in [1.165, 1.54) is 11.3 Å². The topological polar surface area (TPSA) is 59.2 Å². The number of thiazole rings is 1. The second-order valence-electron chi connectivity index (χ2n) is 3.76. The summed E-state index contributed by atoms with van der Waals surface area (Å²) in [6, 6.07) is 5.37. The molecule has 0 fully saturated rings. The quantitative estimate of drug-likeness (QED) is 0.857. The van der Waals surface area contributed by atoms with Crippen LogP contribution in [0.4, 0.5) is 5.13 Å². The van der Waals surface area contributed by atoms with Crippen LogP contribution < -0.4 is 5.73 Å². The monoisotopic (exact) mass is 259 g/mol. The Morgan fingerprint density at radius 2 is 2.39 bits per heavy atom. The van der Waals surface area contributed by atoms with Gasteiger partial charge in [0.05, 0.1) is 16.8 Å². The van der Waals surface area contributed by atoms with Crippen molar-refractivity contribution in [3.63, 3.8) is 0 Å². The van der Waals surface area contributed by atoms with Gasteiger partial charge in [0.25, 0.3) is 5.91 Å². The number of aromatic nitrogens is 1. The van der Waals surface area contributed by atoms with Crippen molar-refractivity contribution >= 4 is 32.6 Å². The van der Waals surface area contributed by atoms with Crippen LogP contribution in [-0.4, -0.2) is 28.9 Å². The number of carbonyl (C=O) groups is 1. The fraction of sp³-hybridized carbons (Fsp3) is 0.231. The SMILES string of the molecule is C#CCN(CC)C(=O)c1ccc2nc(N)sc2c1. The number of benzene rings is 1. The van der Waals surface area contributed by atoms with Gasteiger partial charge in [-0.05, 0) is 25.1 Å². The number of hydrogen-bond acceptors (Lipinski definition) is 4. The molecule has 4 nitrogen and oxygen atoms in total. The van der Waals surface area contributed by atoms with Crippen molar-refractivity contribution in [1.29, 1.82) is 0 Å². The molecule has 1 amide bonds. The van der Waals surface area contributed by atoms with E-state index < -0.39 is 0 Å². The molecule has 0 aliphatic heterocycles. The molecule has 0 aliphatic carbocycles. The largest absolute Gasteiger partial charge is 0.375 e. The summed E-state index contributed by atoms with van der Waals surface area (Å²) in [6.45, 7) is 2.81. The van der Waals surface area contributed by atoms with E-state index in [1.807, 2.05) is 13.0 Å². The number of fused-ring (bicyclic) bond motifs is 1. The predicted molar refractivity (Wildman–Crippen MR) is 74.4 cm³/mol. The number of hydrogen-bond donors (Lipinski definition) is 1. The third-order valence-electron chi connectivity index (χ3n) is 2.60. The lowest BCUT2D eigenvalue weighted by Crippen LogP contribution is -2.31. The van der Waals surface area contributed by atoms with Crippen LogP contribution in [0, 0.1) is 12.3 Å². The highest BCUT2D eigenvalue weighted by Crippen LogP contribution is 2.25. The smallest absolute Gasteiger partial charge is 0.254 e. The van der Waals surface area contributed by atoms with Crippen molar-refractivity contribution in [1.82, 2.24) is 9.88 Å². The Kier molecular flexibility index (Phi) is 3.49. The molecule has 1 aromatic heterocycles. The van der Waals surface area contributed by atoms with Crippen molar-refractivity contribution in [3.05, 3.63) is 23.8 Å². The van der Waals surface area contributed by atoms with Gasteiger partial charge in [0, 0.05) is 12.1 Å². The lowest BCUT2D eigenvalue weighted by molar-refractivity contribution is 0.0785. The van der Waals surface area contributed by atoms with E-state index in [0.717, 1.165) is 10.2 Å². The maximum absolute atomic E-state index is 12.2. The standard InChI is InChI=1S/C13H13N3OS/c1-3-7-16(4-2)12(17)9-5-6-10-11(8-9)18-13(14)15-10/h1,5-6,8H,4,7H2,2H3,(H2,14,15). The Bertz CT molecular complexity index is 627. The first kappa shape index (κ1) is 12.4. The minimum Gasteiger partial charge on any atom is -0.375 e. The van der Waals surface area contributed by atoms with Crippen molar-refractivity contribution in [2.75, 3.05) is 18.8 Å². The van der Waals surface area contributed by atoms with Gasteiger partial charge < -0.3 is 10.6 Å². The number of terminal acetylenes is 1. The molecule has 0 bridgehead atoms. The molecule has 5 heteroatoms. The average Bonchev–Trinajstić information content (AvgIpc) is 2.74. The fourth-order valence-electron chi connectivity index (χ4n) is 1.70. The van der Waals surface area contributed by atoms with E-state index >= 15 is 0 Å². The van der Waals surface area contributed by atoms with Crippen LogP contribution in [0.25, 0.3) is 10.2 Å². The summed E-state index contributed by atoms with van der Waals surface area (Å²) < 4.78 is 0.912. The van der Waals surface area contributed by atoms with Gasteiger partial charge in [-0.1, -0.05) is 17.3 Å². The molecule has 1 aromatic carbocycles. The number of carbonyl (C=O) groups excluding carboxylic acids is 1. The van der Waals surface area contributed by atoms with Crippen LogP contribution in [0.3, 0.4) is 0 Å². The lowest BCUT2D eigenvalue weighted by Gasteiger charge is -2.17. The van der Waals surface area contributed by atoms with Gasteiger partial charge in [0.15, 0.2) is 5.13 Å². The third kappa shape index (κ3) is 2.29. The van der Waals surface area contributed by atoms with Gasteiger partial charge in [0.2, 0.25) is 0 Å². The van der Waals surface area contributed by atoms with Gasteiger partial charge >= 0.3 is 0 Å². The number of amides is 1. The maximum Gasteiger partial charge on any atom is 0.254 e. The zero-order chi connectivity index (χ0) is 13.1. The first-order chi connectivity index (χ1) is 8.65. The molecule has 0 atom stereocenters. The summed E-state index contributed by atoms with van der Waals surface area (Å²) in [5.74, 6) is 2.42. The second-order valence-corrected chi connectivity index (χ2v) is 4.82. The first-order valence-corrected chi connectivity index (χ1v) is 6.36. The fourth-order valence-corrected chi connectivity index (χ4v) is 2.47. The maximum atomic E-state index is 12.2. The molecular formula is C13H13N3OS. The molecule has 0 saturated carbocycles. The molecule has 92 valence electrons. The number of nitrogens with zero attached hydrogens (tertiary/aromatic N) is 2. The van der Waals surface area contributed by atoms with E-state index in [2.05, 4.69) is 10.9 Å². The number of rotatable bonds is 3. The van der Waals surface area contributed by atoms with Crippen LogP contribution >= 0.6 is 11.3 Å². The molecule has 2 N–H and O–H groups in total. The normalized spacial score (nSPS) is 10.2. The first-order valence-electron chi connectivity index (χ1n) is 5.54. The third-order valence-corrected chi connectivity index (χ3v) is 3.45. The minimum absolute atomic E-state index is 0.0654. The Morgan fingerprint density at radius 1 is 1.61 bits per heavy atom. The van der Waals surface area contributed by atoms with E-state index in [4.69, 9.17) is 12.2 Å². The van der Waals surface area contributed by atoms with Crippen molar-refractivity contribution in [3.8, 4) is 12.3 Å². The van der Waals surface area contributed by atoms with Crippen molar-refractivity contribution < 1.29 is 4.79 Å². The Morgan fingerprint density at radius 3 is 3.06 bits per heavy atom. The second kappa shape index (κ2) is 5.07. The summed E-state index contributed by atoms with van der Waals surface area (Å²) in [6.07, 6.45) is 5.25. The molecule has 2 rings (SSSR count). The Hall–Kier alpha value is -2.06. The molecule has 0 unspecified atom stereocenters. The molecule has 0 aliphatic rings. The molecule has 18 heavy (non-hydrogen) atoms. The van der Waals surface area contributed by atoms with E-state index in [9.17, 15) is 4.79 Å². The van der Waals surface area contributed by atoms with Crippen LogP contribution in [-0.2, 0) is 0 Å². The highest BCUT2D eigenvalue weighted by Gasteiger charge is 2.14. The Labute approximate surface area is 109 Å². The van der Waals surface area contributed by atoms with E-state index in [0.29, 0.717) is 23.8 Å². The van der Waals surface area contributed by atoms with Gasteiger partial charge in [-0.25, -0.2) is 4.98 Å². The van der Waals surface area contributed by atoms with E-state index in [1.54, 1.807) is 17.0 Å². The van der Waals surface area contributed by atoms with E-state index in [-0.39, 0.29) is 5.91 Å². The highest BCUT2D eigenvalue weighted by molar-refractivity contribution is 7.22. The van der Waals surface area contributed by atoms with Gasteiger partial charge in [0.1, 0.15) is 0 Å². The summed E-state index contributed by atoms with van der Waals surface area (Å²) in [7, 11) is 0. The molecule has 0 radical (unpaired) electrons. The predicted octanol–water partition coefficient (Wildman–Crippen LogP) is 1.97. The number of nitrogen functional groups attached to an aromatic ring is 1. The zero-order valence-corrected chi connectivity index (χ0v) is 10.8. The summed E-state index contributed by atoms with van der Waals surface area (Å²) in [4.78, 5) is 18.0. The molecule has 0 saturated heterocycles. The van der Waals surface area contributed by atoms with Gasteiger partial charge in [-0.2, -0.15) is 0 Å². The van der Waals surface area contributed by atoms with Crippen LogP contribution in [0.5, 0.6) is 0 Å². The van der Waals surface area contributed by atoms with Crippen LogP contribution in [0.2, 0.25) is 0 Å². The Balaban J connectivity index is 2.35. The number of anilines is 1. The minimum atomic E-state index is -0.0654. The molecular weight excluding hydrogens is 246 g/mol. The summed E-state index contributed by atoms with van der Waals surface area (Å²) >= 11 is 1.37. The van der Waals surface area contributed by atoms with Crippen LogP contribution in [0.15, 0.2) is 18.2 Å². The summed E-state index contributed by atoms with van der Waals surface area (Å²) in [5, 5.41) is 0.505. The van der Waals surface area contributed by atoms with Crippen molar-refractivity contribution in [2.45, 2.75) is 6.92 Å². The van der Waals surface area contributed by atoms with Gasteiger partial charge in [-0.15, -0.1) is 6.42 Å². The highest BCUT2D eigenvalue weighted by atomic mass is 32.1.